The molecule has 0 aliphatic carbocycles. The highest BCUT2D eigenvalue weighted by atomic mass is 19.5. The van der Waals surface area contributed by atoms with E-state index in [2.05, 4.69) is 11.2 Å². The van der Waals surface area contributed by atoms with Crippen LogP contribution in [0.5, 0.6) is 0 Å². The monoisotopic (exact) mass is 494 g/mol. The largest absolute Gasteiger partial charge is 0.673 e. The fourth-order valence-electron chi connectivity index (χ4n) is 3.34. The molecular weight excluding hydrogens is 471 g/mol. The van der Waals surface area contributed by atoms with E-state index >= 15 is 0 Å². The Balaban J connectivity index is 0.000000658. The average Bonchev–Trinajstić information content (AvgIpc) is 2.88. The summed E-state index contributed by atoms with van der Waals surface area (Å²) in [6.07, 6.45) is 1.75. The average molecular weight is 494 g/mol. The lowest BCUT2D eigenvalue weighted by Gasteiger charge is -2.08. The number of carbonyl (C=O) groups excluding carboxylic acids is 1. The van der Waals surface area contributed by atoms with Crippen molar-refractivity contribution in [3.63, 3.8) is 0 Å². The first-order valence-corrected chi connectivity index (χ1v) is 11.1. The van der Waals surface area contributed by atoms with Crippen molar-refractivity contribution in [3.8, 4) is 22.4 Å². The standard InChI is InChI=1S/C27H23N2O2.BF4/c1-2-31-27(30)26-19-24(22-14-8-4-9-15-22)18-25(23-16-10-5-11-17-23)29(26)28-20-21-12-6-3-7-13-21;2-1(3,4)5/h3-20H,2H2,1H3;/q+1;-1/b28-20+;. The van der Waals surface area contributed by atoms with Crippen molar-refractivity contribution in [2.75, 3.05) is 6.61 Å². The molecular formula is C27H23BF4N2O2. The fourth-order valence-corrected chi connectivity index (χ4v) is 3.34. The van der Waals surface area contributed by atoms with Crippen molar-refractivity contribution in [1.29, 1.82) is 0 Å². The maximum Gasteiger partial charge on any atom is 0.673 e. The van der Waals surface area contributed by atoms with Gasteiger partial charge >= 0.3 is 18.9 Å². The molecule has 0 amide bonds. The molecule has 0 radical (unpaired) electrons. The quantitative estimate of drug-likeness (QED) is 0.0989. The molecule has 4 aromatic rings. The van der Waals surface area contributed by atoms with Gasteiger partial charge in [0, 0.05) is 17.7 Å². The Morgan fingerprint density at radius 3 is 1.83 bits per heavy atom. The number of pyridine rings is 1. The zero-order valence-corrected chi connectivity index (χ0v) is 19.4. The lowest BCUT2D eigenvalue weighted by Crippen LogP contribution is -2.39. The predicted octanol–water partition coefficient (Wildman–Crippen LogP) is 6.67. The second kappa shape index (κ2) is 12.4. The smallest absolute Gasteiger partial charge is 0.458 e. The molecule has 1 heterocycles. The van der Waals surface area contributed by atoms with Crippen molar-refractivity contribution in [2.24, 2.45) is 5.10 Å². The van der Waals surface area contributed by atoms with Gasteiger partial charge < -0.3 is 22.0 Å². The van der Waals surface area contributed by atoms with E-state index in [1.807, 2.05) is 97.1 Å². The van der Waals surface area contributed by atoms with Crippen LogP contribution in [0.3, 0.4) is 0 Å². The van der Waals surface area contributed by atoms with Crippen molar-refractivity contribution in [1.82, 2.24) is 0 Å². The van der Waals surface area contributed by atoms with Crippen LogP contribution in [-0.2, 0) is 4.74 Å². The normalized spacial score (nSPS) is 11.0. The molecule has 0 unspecified atom stereocenters. The Hall–Kier alpha value is -4.27. The fraction of sp³-hybridized carbons (Fsp3) is 0.0741. The summed E-state index contributed by atoms with van der Waals surface area (Å²) in [5.74, 6) is -0.414. The van der Waals surface area contributed by atoms with Gasteiger partial charge in [0.05, 0.1) is 6.61 Å². The third kappa shape index (κ3) is 7.90. The number of rotatable bonds is 6. The number of halogens is 4. The molecule has 0 spiro atoms. The highest BCUT2D eigenvalue weighted by Crippen LogP contribution is 2.25. The van der Waals surface area contributed by atoms with Gasteiger partial charge in [-0.3, -0.25) is 0 Å². The van der Waals surface area contributed by atoms with Crippen LogP contribution in [0.1, 0.15) is 23.0 Å². The van der Waals surface area contributed by atoms with Crippen LogP contribution >= 0.6 is 0 Å². The van der Waals surface area contributed by atoms with E-state index in [-0.39, 0.29) is 6.61 Å². The summed E-state index contributed by atoms with van der Waals surface area (Å²) in [6, 6.07) is 33.6. The minimum atomic E-state index is -6.00. The number of hydrogen-bond donors (Lipinski definition) is 0. The summed E-state index contributed by atoms with van der Waals surface area (Å²) in [5, 5.41) is 4.68. The van der Waals surface area contributed by atoms with Gasteiger partial charge in [-0.1, -0.05) is 78.9 Å². The van der Waals surface area contributed by atoms with Gasteiger partial charge in [0.2, 0.25) is 5.69 Å². The second-order valence-corrected chi connectivity index (χ2v) is 7.43. The van der Waals surface area contributed by atoms with Gasteiger partial charge in [0.1, 0.15) is 6.21 Å². The van der Waals surface area contributed by atoms with Crippen LogP contribution in [0, 0.1) is 0 Å². The summed E-state index contributed by atoms with van der Waals surface area (Å²) in [6.45, 7) is 2.09. The Bertz CT molecular complexity index is 1290. The molecule has 36 heavy (non-hydrogen) atoms. The third-order valence-electron chi connectivity index (χ3n) is 4.82. The van der Waals surface area contributed by atoms with Crippen LogP contribution in [-0.4, -0.2) is 26.0 Å². The summed E-state index contributed by atoms with van der Waals surface area (Å²) in [4.78, 5) is 12.9. The number of aromatic nitrogens is 1. The summed E-state index contributed by atoms with van der Waals surface area (Å²) < 4.78 is 46.0. The van der Waals surface area contributed by atoms with Gasteiger partial charge in [0.15, 0.2) is 0 Å². The maximum absolute atomic E-state index is 12.9. The first-order valence-electron chi connectivity index (χ1n) is 11.1. The lowest BCUT2D eigenvalue weighted by atomic mass is 10.0. The maximum atomic E-state index is 12.9. The van der Waals surface area contributed by atoms with Crippen molar-refractivity contribution < 1.29 is 31.5 Å². The molecule has 1 aromatic heterocycles. The van der Waals surface area contributed by atoms with Gasteiger partial charge in [-0.25, -0.2) is 4.79 Å². The molecule has 0 aliphatic rings. The molecule has 3 aromatic carbocycles. The van der Waals surface area contributed by atoms with Gasteiger partial charge in [-0.05, 0) is 45.5 Å². The zero-order chi connectivity index (χ0) is 26.0. The Morgan fingerprint density at radius 1 is 0.806 bits per heavy atom. The molecule has 0 saturated heterocycles. The molecule has 184 valence electrons. The van der Waals surface area contributed by atoms with Gasteiger partial charge in [0.25, 0.3) is 0 Å². The van der Waals surface area contributed by atoms with Gasteiger partial charge in [-0.15, -0.1) is 0 Å². The number of esters is 1. The summed E-state index contributed by atoms with van der Waals surface area (Å²) in [5.41, 5.74) is 5.01. The molecule has 0 aliphatic heterocycles. The molecule has 4 rings (SSSR count). The van der Waals surface area contributed by atoms with Gasteiger partial charge in [-0.2, -0.15) is 0 Å². The van der Waals surface area contributed by atoms with E-state index in [1.165, 1.54) is 0 Å². The van der Waals surface area contributed by atoms with E-state index in [4.69, 9.17) is 4.74 Å². The van der Waals surface area contributed by atoms with Crippen LogP contribution in [0.4, 0.5) is 17.3 Å². The van der Waals surface area contributed by atoms with Crippen molar-refractivity contribution in [2.45, 2.75) is 6.92 Å². The number of hydrogen-bond acceptors (Lipinski definition) is 3. The predicted molar refractivity (Wildman–Crippen MR) is 133 cm³/mol. The van der Waals surface area contributed by atoms with E-state index < -0.39 is 13.2 Å². The van der Waals surface area contributed by atoms with E-state index in [0.717, 1.165) is 27.9 Å². The number of nitrogens with zero attached hydrogens (tertiary/aromatic N) is 2. The highest BCUT2D eigenvalue weighted by molar-refractivity contribution is 6.50. The number of benzene rings is 3. The van der Waals surface area contributed by atoms with Crippen molar-refractivity contribution in [3.05, 3.63) is 114 Å². The minimum Gasteiger partial charge on any atom is -0.458 e. The summed E-state index contributed by atoms with van der Waals surface area (Å²) in [7, 11) is -6.00. The molecule has 0 bridgehead atoms. The Kier molecular flexibility index (Phi) is 9.10. The summed E-state index contributed by atoms with van der Waals surface area (Å²) >= 11 is 0. The first-order chi connectivity index (χ1) is 17.3. The van der Waals surface area contributed by atoms with Crippen molar-refractivity contribution >= 4 is 19.4 Å². The minimum absolute atomic E-state index is 0.289. The number of carbonyl (C=O) groups is 1. The lowest BCUT2D eigenvalue weighted by molar-refractivity contribution is -0.669. The first kappa shape index (κ1) is 26.3. The van der Waals surface area contributed by atoms with Crippen LogP contribution in [0.2, 0.25) is 0 Å². The molecule has 4 nitrogen and oxygen atoms in total. The molecule has 0 fully saturated rings. The van der Waals surface area contributed by atoms with E-state index in [0.29, 0.717) is 5.69 Å². The Morgan fingerprint density at radius 2 is 1.31 bits per heavy atom. The number of ether oxygens (including phenoxy) is 1. The second-order valence-electron chi connectivity index (χ2n) is 7.43. The topological polar surface area (TPSA) is 42.5 Å². The van der Waals surface area contributed by atoms with Crippen LogP contribution in [0.25, 0.3) is 22.4 Å². The van der Waals surface area contributed by atoms with E-state index in [9.17, 15) is 22.1 Å². The van der Waals surface area contributed by atoms with Crippen LogP contribution in [0.15, 0.2) is 108 Å². The molecule has 0 atom stereocenters. The van der Waals surface area contributed by atoms with Crippen LogP contribution < -0.4 is 4.68 Å². The molecule has 0 saturated carbocycles. The Labute approximate surface area is 206 Å². The SMILES string of the molecule is CCOC(=O)c1cc(-c2ccccc2)cc(-c2ccccc2)[n+]1/N=C/c1ccccc1.F[B-](F)(F)F. The zero-order valence-electron chi connectivity index (χ0n) is 19.4. The third-order valence-corrected chi connectivity index (χ3v) is 4.82. The molecule has 0 N–H and O–H groups in total. The highest BCUT2D eigenvalue weighted by Gasteiger charge is 2.28. The molecule has 9 heteroatoms. The van der Waals surface area contributed by atoms with E-state index in [1.54, 1.807) is 17.8 Å².